The van der Waals surface area contributed by atoms with Gasteiger partial charge >= 0.3 is 5.97 Å². The van der Waals surface area contributed by atoms with E-state index in [-0.39, 0.29) is 5.41 Å². The van der Waals surface area contributed by atoms with Gasteiger partial charge in [0.15, 0.2) is 0 Å². The van der Waals surface area contributed by atoms with Gasteiger partial charge in [0.1, 0.15) is 0 Å². The van der Waals surface area contributed by atoms with Gasteiger partial charge in [0.25, 0.3) is 0 Å². The van der Waals surface area contributed by atoms with Crippen molar-refractivity contribution in [3.05, 3.63) is 32.9 Å². The Hall–Kier alpha value is -0.580. The van der Waals surface area contributed by atoms with E-state index >= 15 is 0 Å². The van der Waals surface area contributed by atoms with E-state index in [1.807, 2.05) is 6.07 Å². The molecule has 0 radical (unpaired) electrons. The summed E-state index contributed by atoms with van der Waals surface area (Å²) in [6.45, 7) is 6.22. The Bertz CT molecular complexity index is 364. The van der Waals surface area contributed by atoms with E-state index in [4.69, 9.17) is 5.11 Å². The highest BCUT2D eigenvalue weighted by atomic mass is 127. The largest absolute Gasteiger partial charge is 0.478 e. The fourth-order valence-electron chi connectivity index (χ4n) is 1.15. The van der Waals surface area contributed by atoms with Crippen molar-refractivity contribution in [2.45, 2.75) is 26.2 Å². The molecule has 0 aliphatic heterocycles. The first-order chi connectivity index (χ1) is 6.30. The average Bonchev–Trinajstić information content (AvgIpc) is 2.01. The minimum absolute atomic E-state index is 0.00855. The van der Waals surface area contributed by atoms with Crippen LogP contribution in [-0.2, 0) is 5.41 Å². The molecule has 14 heavy (non-hydrogen) atoms. The molecule has 1 rings (SSSR count). The number of carbonyl (C=O) groups is 1. The molecule has 0 spiro atoms. The molecule has 0 heterocycles. The van der Waals surface area contributed by atoms with Crippen molar-refractivity contribution in [1.29, 1.82) is 0 Å². The predicted molar refractivity (Wildman–Crippen MR) is 64.8 cm³/mol. The Morgan fingerprint density at radius 3 is 2.29 bits per heavy atom. The lowest BCUT2D eigenvalue weighted by molar-refractivity contribution is 0.0696. The second-order valence-corrected chi connectivity index (χ2v) is 5.53. The first-order valence-corrected chi connectivity index (χ1v) is 5.43. The maximum Gasteiger partial charge on any atom is 0.335 e. The molecule has 1 N–H and O–H groups in total. The van der Waals surface area contributed by atoms with Crippen LogP contribution in [0.3, 0.4) is 0 Å². The van der Waals surface area contributed by atoms with Crippen LogP contribution in [0.4, 0.5) is 0 Å². The van der Waals surface area contributed by atoms with Gasteiger partial charge in [-0.1, -0.05) is 20.8 Å². The summed E-state index contributed by atoms with van der Waals surface area (Å²) in [5, 5.41) is 8.90. The number of hydrogen-bond acceptors (Lipinski definition) is 1. The third-order valence-electron chi connectivity index (χ3n) is 2.01. The fourth-order valence-corrected chi connectivity index (χ4v) is 1.82. The summed E-state index contributed by atoms with van der Waals surface area (Å²) in [7, 11) is 0. The SMILES string of the molecule is CC(C)(C)c1cc(I)cc(C(=O)O)c1. The van der Waals surface area contributed by atoms with Gasteiger partial charge in [0.2, 0.25) is 0 Å². The molecular formula is C11H13IO2. The molecule has 1 aromatic rings. The third-order valence-corrected chi connectivity index (χ3v) is 2.63. The smallest absolute Gasteiger partial charge is 0.335 e. The maximum absolute atomic E-state index is 10.8. The van der Waals surface area contributed by atoms with Gasteiger partial charge in [0, 0.05) is 3.57 Å². The molecule has 2 nitrogen and oxygen atoms in total. The normalized spacial score (nSPS) is 11.4. The third kappa shape index (κ3) is 2.70. The zero-order valence-corrected chi connectivity index (χ0v) is 10.6. The van der Waals surface area contributed by atoms with Crippen LogP contribution in [0, 0.1) is 3.57 Å². The maximum atomic E-state index is 10.8. The number of halogens is 1. The Morgan fingerprint density at radius 1 is 1.29 bits per heavy atom. The zero-order valence-electron chi connectivity index (χ0n) is 8.47. The van der Waals surface area contributed by atoms with Crippen LogP contribution in [0.1, 0.15) is 36.7 Å². The van der Waals surface area contributed by atoms with Crippen LogP contribution < -0.4 is 0 Å². The van der Waals surface area contributed by atoms with Gasteiger partial charge in [0.05, 0.1) is 5.56 Å². The molecule has 0 atom stereocenters. The van der Waals surface area contributed by atoms with Crippen molar-refractivity contribution < 1.29 is 9.90 Å². The highest BCUT2D eigenvalue weighted by Crippen LogP contribution is 2.25. The summed E-state index contributed by atoms with van der Waals surface area (Å²) in [4.78, 5) is 10.8. The van der Waals surface area contributed by atoms with Crippen molar-refractivity contribution in [3.63, 3.8) is 0 Å². The number of aromatic carboxylic acids is 1. The van der Waals surface area contributed by atoms with Gasteiger partial charge in [-0.2, -0.15) is 0 Å². The Morgan fingerprint density at radius 2 is 1.86 bits per heavy atom. The van der Waals surface area contributed by atoms with Crippen LogP contribution in [0.5, 0.6) is 0 Å². The van der Waals surface area contributed by atoms with E-state index in [1.165, 1.54) is 0 Å². The van der Waals surface area contributed by atoms with Crippen LogP contribution in [0.15, 0.2) is 18.2 Å². The molecule has 0 aromatic heterocycles. The van der Waals surface area contributed by atoms with E-state index in [1.54, 1.807) is 12.1 Å². The summed E-state index contributed by atoms with van der Waals surface area (Å²) >= 11 is 2.14. The second-order valence-electron chi connectivity index (χ2n) is 4.28. The average molecular weight is 304 g/mol. The van der Waals surface area contributed by atoms with E-state index in [2.05, 4.69) is 43.4 Å². The first-order valence-electron chi connectivity index (χ1n) is 4.35. The second kappa shape index (κ2) is 3.88. The molecular weight excluding hydrogens is 291 g/mol. The van der Waals surface area contributed by atoms with E-state index in [9.17, 15) is 4.79 Å². The number of benzene rings is 1. The van der Waals surface area contributed by atoms with Crippen molar-refractivity contribution in [2.75, 3.05) is 0 Å². The van der Waals surface area contributed by atoms with E-state index in [0.29, 0.717) is 5.56 Å². The fraction of sp³-hybridized carbons (Fsp3) is 0.364. The van der Waals surface area contributed by atoms with Gasteiger partial charge in [-0.15, -0.1) is 0 Å². The molecule has 3 heteroatoms. The van der Waals surface area contributed by atoms with Crippen LogP contribution in [-0.4, -0.2) is 11.1 Å². The van der Waals surface area contributed by atoms with Gasteiger partial charge in [-0.25, -0.2) is 4.79 Å². The zero-order chi connectivity index (χ0) is 10.9. The van der Waals surface area contributed by atoms with Crippen molar-refractivity contribution in [1.82, 2.24) is 0 Å². The lowest BCUT2D eigenvalue weighted by Gasteiger charge is -2.19. The minimum Gasteiger partial charge on any atom is -0.478 e. The molecule has 0 aliphatic rings. The predicted octanol–water partition coefficient (Wildman–Crippen LogP) is 3.29. The van der Waals surface area contributed by atoms with Crippen LogP contribution in [0.2, 0.25) is 0 Å². The Balaban J connectivity index is 3.28. The van der Waals surface area contributed by atoms with Gasteiger partial charge in [-0.05, 0) is 51.8 Å². The van der Waals surface area contributed by atoms with E-state index < -0.39 is 5.97 Å². The molecule has 76 valence electrons. The topological polar surface area (TPSA) is 37.3 Å². The molecule has 0 amide bonds. The molecule has 0 saturated heterocycles. The van der Waals surface area contributed by atoms with E-state index in [0.717, 1.165) is 9.13 Å². The number of carboxylic acid groups (broad SMARTS) is 1. The Labute approximate surface area is 97.5 Å². The molecule has 0 fully saturated rings. The lowest BCUT2D eigenvalue weighted by Crippen LogP contribution is -2.12. The van der Waals surface area contributed by atoms with Crippen LogP contribution in [0.25, 0.3) is 0 Å². The number of hydrogen-bond donors (Lipinski definition) is 1. The van der Waals surface area contributed by atoms with Crippen molar-refractivity contribution in [3.8, 4) is 0 Å². The van der Waals surface area contributed by atoms with Crippen molar-refractivity contribution in [2.24, 2.45) is 0 Å². The first kappa shape index (κ1) is 11.5. The standard InChI is InChI=1S/C11H13IO2/c1-11(2,3)8-4-7(10(13)14)5-9(12)6-8/h4-6H,1-3H3,(H,13,14). The summed E-state index contributed by atoms with van der Waals surface area (Å²) < 4.78 is 0.965. The summed E-state index contributed by atoms with van der Waals surface area (Å²) in [5.74, 6) is -0.867. The quantitative estimate of drug-likeness (QED) is 0.808. The summed E-state index contributed by atoms with van der Waals surface area (Å²) in [6.07, 6.45) is 0. The highest BCUT2D eigenvalue weighted by Gasteiger charge is 2.16. The molecule has 0 unspecified atom stereocenters. The molecule has 0 saturated carbocycles. The lowest BCUT2D eigenvalue weighted by atomic mass is 9.86. The summed E-state index contributed by atoms with van der Waals surface area (Å²) in [6, 6.07) is 5.44. The highest BCUT2D eigenvalue weighted by molar-refractivity contribution is 14.1. The monoisotopic (exact) mass is 304 g/mol. The molecule has 0 aliphatic carbocycles. The van der Waals surface area contributed by atoms with Gasteiger partial charge in [-0.3, -0.25) is 0 Å². The Kier molecular flexibility index (Phi) is 3.19. The van der Waals surface area contributed by atoms with Crippen LogP contribution >= 0.6 is 22.6 Å². The molecule has 1 aromatic carbocycles. The van der Waals surface area contributed by atoms with Crippen molar-refractivity contribution >= 4 is 28.6 Å². The van der Waals surface area contributed by atoms with Gasteiger partial charge < -0.3 is 5.11 Å². The number of rotatable bonds is 1. The number of carboxylic acids is 1. The minimum atomic E-state index is -0.867. The molecule has 0 bridgehead atoms. The summed E-state index contributed by atoms with van der Waals surface area (Å²) in [5.41, 5.74) is 1.41.